The van der Waals surface area contributed by atoms with Gasteiger partial charge in [0, 0.05) is 47.7 Å². The van der Waals surface area contributed by atoms with Crippen LogP contribution >= 0.6 is 11.6 Å². The number of rotatable bonds is 6. The molecule has 150 valence electrons. The van der Waals surface area contributed by atoms with E-state index in [4.69, 9.17) is 16.3 Å². The maximum atomic E-state index is 6.67. The van der Waals surface area contributed by atoms with Gasteiger partial charge in [-0.05, 0) is 45.4 Å². The molecule has 1 unspecified atom stereocenters. The van der Waals surface area contributed by atoms with Gasteiger partial charge in [-0.25, -0.2) is 9.20 Å². The number of aromatic nitrogens is 6. The molecule has 0 radical (unpaired) electrons. The van der Waals surface area contributed by atoms with Gasteiger partial charge in [0.05, 0.1) is 11.2 Å². The van der Waals surface area contributed by atoms with E-state index in [1.807, 2.05) is 52.2 Å². The van der Waals surface area contributed by atoms with Gasteiger partial charge < -0.3 is 10.1 Å². The lowest BCUT2D eigenvalue weighted by molar-refractivity contribution is 0.0160. The van der Waals surface area contributed by atoms with Gasteiger partial charge in [0.2, 0.25) is 5.95 Å². The van der Waals surface area contributed by atoms with E-state index < -0.39 is 0 Å². The number of hydrogen-bond acceptors (Lipinski definition) is 6. The average molecular weight is 412 g/mol. The van der Waals surface area contributed by atoms with E-state index >= 15 is 0 Å². The first kappa shape index (κ1) is 19.4. The molecular formula is C20H22ClN7O. The second kappa shape index (κ2) is 7.81. The van der Waals surface area contributed by atoms with Crippen LogP contribution in [0.4, 0.5) is 11.6 Å². The van der Waals surface area contributed by atoms with Gasteiger partial charge in [-0.3, -0.25) is 4.98 Å². The Hall–Kier alpha value is -2.97. The van der Waals surface area contributed by atoms with Crippen molar-refractivity contribution in [2.45, 2.75) is 33.9 Å². The van der Waals surface area contributed by atoms with Crippen molar-refractivity contribution in [2.24, 2.45) is 0 Å². The number of hydrogen-bond donors (Lipinski definition) is 1. The van der Waals surface area contributed by atoms with Crippen molar-refractivity contribution < 1.29 is 4.74 Å². The number of fused-ring (bicyclic) bond motifs is 1. The van der Waals surface area contributed by atoms with E-state index in [9.17, 15) is 0 Å². The third-order valence-corrected chi connectivity index (χ3v) is 5.21. The van der Waals surface area contributed by atoms with Gasteiger partial charge in [0.25, 0.3) is 0 Å². The second-order valence-electron chi connectivity index (χ2n) is 6.70. The van der Waals surface area contributed by atoms with Crippen LogP contribution in [0.5, 0.6) is 0 Å². The molecule has 4 rings (SSSR count). The third-order valence-electron chi connectivity index (χ3n) is 4.84. The zero-order valence-corrected chi connectivity index (χ0v) is 17.5. The van der Waals surface area contributed by atoms with E-state index in [1.165, 1.54) is 0 Å². The standard InChI is InChI=1S/C20H22ClN7O/c1-5-29-14(4)28-11-15(10-23-28)16-7-9-27-19(18(16)21)25-20(26-27)24-17-6-8-22-13(3)12(17)2/h6-11,14H,5H2,1-4H3,(H,22,24,26). The Kier molecular flexibility index (Phi) is 5.21. The van der Waals surface area contributed by atoms with Gasteiger partial charge in [-0.1, -0.05) is 11.6 Å². The van der Waals surface area contributed by atoms with Gasteiger partial charge in [-0.15, -0.1) is 5.10 Å². The number of nitrogens with one attached hydrogen (secondary N) is 1. The maximum absolute atomic E-state index is 6.67. The SMILES string of the molecule is CCOC(C)n1cc(-c2ccn3nc(Nc4ccnc(C)c4C)nc3c2Cl)cn1. The zero-order chi connectivity index (χ0) is 20.5. The molecule has 0 aliphatic heterocycles. The van der Waals surface area contributed by atoms with Crippen LogP contribution in [-0.2, 0) is 4.74 Å². The highest BCUT2D eigenvalue weighted by atomic mass is 35.5. The smallest absolute Gasteiger partial charge is 0.247 e. The van der Waals surface area contributed by atoms with E-state index in [2.05, 4.69) is 25.5 Å². The summed E-state index contributed by atoms with van der Waals surface area (Å²) in [6.07, 6.45) is 7.13. The molecule has 0 aliphatic carbocycles. The number of aryl methyl sites for hydroxylation is 1. The lowest BCUT2D eigenvalue weighted by Gasteiger charge is -2.11. The van der Waals surface area contributed by atoms with Crippen LogP contribution in [0, 0.1) is 13.8 Å². The number of anilines is 2. The van der Waals surface area contributed by atoms with Crippen molar-refractivity contribution >= 4 is 28.9 Å². The van der Waals surface area contributed by atoms with Gasteiger partial charge >= 0.3 is 0 Å². The molecule has 0 spiro atoms. The van der Waals surface area contributed by atoms with Gasteiger partial charge in [0.15, 0.2) is 5.65 Å². The van der Waals surface area contributed by atoms with Crippen LogP contribution in [-0.4, -0.2) is 36.0 Å². The van der Waals surface area contributed by atoms with Gasteiger partial charge in [0.1, 0.15) is 6.23 Å². The van der Waals surface area contributed by atoms with Crippen molar-refractivity contribution in [2.75, 3.05) is 11.9 Å². The molecule has 1 N–H and O–H groups in total. The van der Waals surface area contributed by atoms with Crippen LogP contribution in [0.1, 0.15) is 31.3 Å². The molecule has 0 bridgehead atoms. The summed E-state index contributed by atoms with van der Waals surface area (Å²) in [6.45, 7) is 8.50. The molecule has 0 amide bonds. The first-order chi connectivity index (χ1) is 14.0. The van der Waals surface area contributed by atoms with Crippen LogP contribution in [0.3, 0.4) is 0 Å². The molecule has 9 heteroatoms. The highest BCUT2D eigenvalue weighted by Gasteiger charge is 2.15. The molecule has 29 heavy (non-hydrogen) atoms. The van der Waals surface area contributed by atoms with Crippen molar-refractivity contribution in [1.29, 1.82) is 0 Å². The number of halogens is 1. The normalized spacial score (nSPS) is 12.4. The summed E-state index contributed by atoms with van der Waals surface area (Å²) in [5.74, 6) is 0.471. The summed E-state index contributed by atoms with van der Waals surface area (Å²) in [5, 5.41) is 12.6. The largest absolute Gasteiger partial charge is 0.357 e. The molecule has 4 aromatic rings. The summed E-state index contributed by atoms with van der Waals surface area (Å²) in [6, 6.07) is 3.80. The Morgan fingerprint density at radius 1 is 1.28 bits per heavy atom. The fraction of sp³-hybridized carbons (Fsp3) is 0.300. The molecule has 0 fully saturated rings. The first-order valence-electron chi connectivity index (χ1n) is 9.38. The van der Waals surface area contributed by atoms with Crippen molar-refractivity contribution in [1.82, 2.24) is 29.4 Å². The Morgan fingerprint density at radius 3 is 2.90 bits per heavy atom. The molecule has 4 aromatic heterocycles. The van der Waals surface area contributed by atoms with E-state index in [1.54, 1.807) is 21.6 Å². The average Bonchev–Trinajstić information content (AvgIpc) is 3.33. The summed E-state index contributed by atoms with van der Waals surface area (Å²) in [5.41, 5.74) is 5.22. The topological polar surface area (TPSA) is 82.2 Å². The number of nitrogens with zero attached hydrogens (tertiary/aromatic N) is 6. The summed E-state index contributed by atoms with van der Waals surface area (Å²) in [7, 11) is 0. The summed E-state index contributed by atoms with van der Waals surface area (Å²) in [4.78, 5) is 8.86. The highest BCUT2D eigenvalue weighted by molar-refractivity contribution is 6.36. The molecular weight excluding hydrogens is 390 g/mol. The van der Waals surface area contributed by atoms with E-state index in [0.717, 1.165) is 28.1 Å². The molecule has 0 aromatic carbocycles. The second-order valence-corrected chi connectivity index (χ2v) is 7.08. The lowest BCUT2D eigenvalue weighted by Crippen LogP contribution is -2.09. The lowest BCUT2D eigenvalue weighted by atomic mass is 10.1. The molecule has 1 atom stereocenters. The molecule has 0 saturated heterocycles. The Balaban J connectivity index is 1.67. The third kappa shape index (κ3) is 3.68. The van der Waals surface area contributed by atoms with Crippen molar-refractivity contribution in [3.8, 4) is 11.1 Å². The highest BCUT2D eigenvalue weighted by Crippen LogP contribution is 2.31. The molecule has 8 nitrogen and oxygen atoms in total. The Morgan fingerprint density at radius 2 is 2.10 bits per heavy atom. The van der Waals surface area contributed by atoms with E-state index in [-0.39, 0.29) is 6.23 Å². The molecule has 0 saturated carbocycles. The maximum Gasteiger partial charge on any atom is 0.247 e. The first-order valence-corrected chi connectivity index (χ1v) is 9.76. The van der Waals surface area contributed by atoms with Gasteiger partial charge in [-0.2, -0.15) is 10.1 Å². The fourth-order valence-electron chi connectivity index (χ4n) is 3.08. The van der Waals surface area contributed by atoms with Crippen molar-refractivity contribution in [3.05, 3.63) is 53.2 Å². The molecule has 0 aliphatic rings. The fourth-order valence-corrected chi connectivity index (χ4v) is 3.38. The number of ether oxygens (including phenoxy) is 1. The quantitative estimate of drug-likeness (QED) is 0.501. The minimum absolute atomic E-state index is 0.146. The van der Waals surface area contributed by atoms with Crippen LogP contribution in [0.15, 0.2) is 36.9 Å². The predicted molar refractivity (Wildman–Crippen MR) is 113 cm³/mol. The number of pyridine rings is 2. The Labute approximate surface area is 173 Å². The van der Waals surface area contributed by atoms with Crippen molar-refractivity contribution in [3.63, 3.8) is 0 Å². The van der Waals surface area contributed by atoms with E-state index in [0.29, 0.717) is 23.2 Å². The molecule has 4 heterocycles. The summed E-state index contributed by atoms with van der Waals surface area (Å²) >= 11 is 6.67. The Bertz CT molecular complexity index is 1170. The minimum atomic E-state index is -0.146. The minimum Gasteiger partial charge on any atom is -0.357 e. The zero-order valence-electron chi connectivity index (χ0n) is 16.7. The summed E-state index contributed by atoms with van der Waals surface area (Å²) < 4.78 is 9.01. The van der Waals surface area contributed by atoms with Crippen LogP contribution in [0.2, 0.25) is 5.02 Å². The monoisotopic (exact) mass is 411 g/mol. The van der Waals surface area contributed by atoms with Crippen LogP contribution < -0.4 is 5.32 Å². The van der Waals surface area contributed by atoms with Crippen LogP contribution in [0.25, 0.3) is 16.8 Å². The predicted octanol–water partition coefficient (Wildman–Crippen LogP) is 4.56.